The topological polar surface area (TPSA) is 79.6 Å². The molecule has 2 fully saturated rings. The molecule has 7 heteroatoms. The van der Waals surface area contributed by atoms with E-state index in [1.807, 2.05) is 13.8 Å². The number of rotatable bonds is 4. The predicted octanol–water partition coefficient (Wildman–Crippen LogP) is 1.94. The number of sulfonamides is 1. The van der Waals surface area contributed by atoms with Crippen LogP contribution in [0.4, 0.5) is 0 Å². The van der Waals surface area contributed by atoms with Crippen LogP contribution in [-0.4, -0.2) is 41.5 Å². The van der Waals surface area contributed by atoms with Gasteiger partial charge in [0.2, 0.25) is 10.0 Å². The molecule has 1 aromatic rings. The molecule has 0 radical (unpaired) electrons. The van der Waals surface area contributed by atoms with Crippen LogP contribution >= 0.6 is 0 Å². The highest BCUT2D eigenvalue weighted by atomic mass is 32.2. The molecule has 1 aliphatic heterocycles. The minimum Gasteiger partial charge on any atom is -0.477 e. The lowest BCUT2D eigenvalue weighted by Gasteiger charge is -2.19. The molecule has 1 saturated carbocycles. The van der Waals surface area contributed by atoms with Crippen molar-refractivity contribution in [1.29, 1.82) is 0 Å². The SMILES string of the molecule is CC1(C)CCN(S(=O)(=O)c2cc(C(=O)O)n(C3CC3)c2)C1. The minimum absolute atomic E-state index is 0.0260. The summed E-state index contributed by atoms with van der Waals surface area (Å²) in [5.74, 6) is -1.08. The van der Waals surface area contributed by atoms with Gasteiger partial charge >= 0.3 is 5.97 Å². The third-order valence-electron chi connectivity index (χ3n) is 4.26. The van der Waals surface area contributed by atoms with Crippen LogP contribution in [0.1, 0.15) is 49.6 Å². The number of carbonyl (C=O) groups is 1. The van der Waals surface area contributed by atoms with Crippen molar-refractivity contribution in [1.82, 2.24) is 8.87 Å². The molecule has 1 N–H and O–H groups in total. The molecule has 1 saturated heterocycles. The Morgan fingerprint density at radius 2 is 2.05 bits per heavy atom. The summed E-state index contributed by atoms with van der Waals surface area (Å²) in [6.07, 6.45) is 4.12. The molecule has 2 heterocycles. The molecule has 3 rings (SSSR count). The van der Waals surface area contributed by atoms with Gasteiger partial charge in [0.1, 0.15) is 10.6 Å². The predicted molar refractivity (Wildman–Crippen MR) is 76.8 cm³/mol. The smallest absolute Gasteiger partial charge is 0.352 e. The molecule has 0 unspecified atom stereocenters. The normalized spacial score (nSPS) is 22.6. The van der Waals surface area contributed by atoms with Crippen LogP contribution < -0.4 is 0 Å². The van der Waals surface area contributed by atoms with Crippen LogP contribution in [0.15, 0.2) is 17.2 Å². The molecule has 0 bridgehead atoms. The zero-order valence-electron chi connectivity index (χ0n) is 12.2. The fraction of sp³-hybridized carbons (Fsp3) is 0.643. The first-order valence-corrected chi connectivity index (χ1v) is 8.60. The molecular formula is C14H20N2O4S. The maximum atomic E-state index is 12.7. The molecule has 1 aliphatic carbocycles. The lowest BCUT2D eigenvalue weighted by atomic mass is 9.93. The van der Waals surface area contributed by atoms with Crippen molar-refractivity contribution in [3.8, 4) is 0 Å². The molecule has 0 spiro atoms. The second-order valence-corrected chi connectivity index (χ2v) is 8.70. The standard InChI is InChI=1S/C14H20N2O4S/c1-14(2)5-6-15(9-14)21(19,20)11-7-12(13(17)18)16(8-11)10-3-4-10/h7-8,10H,3-6,9H2,1-2H3,(H,17,18). The lowest BCUT2D eigenvalue weighted by molar-refractivity contribution is 0.0685. The van der Waals surface area contributed by atoms with Crippen LogP contribution in [0, 0.1) is 5.41 Å². The highest BCUT2D eigenvalue weighted by molar-refractivity contribution is 7.89. The first kappa shape index (κ1) is 14.6. The fourth-order valence-corrected chi connectivity index (χ4v) is 4.49. The summed E-state index contributed by atoms with van der Waals surface area (Å²) in [4.78, 5) is 11.4. The molecule has 6 nitrogen and oxygen atoms in total. The summed E-state index contributed by atoms with van der Waals surface area (Å²) in [6.45, 7) is 5.06. The van der Waals surface area contributed by atoms with E-state index in [1.54, 1.807) is 4.57 Å². The zero-order valence-corrected chi connectivity index (χ0v) is 13.1. The summed E-state index contributed by atoms with van der Waals surface area (Å²) in [6, 6.07) is 1.43. The van der Waals surface area contributed by atoms with E-state index in [2.05, 4.69) is 0 Å². The maximum Gasteiger partial charge on any atom is 0.352 e. The third-order valence-corrected chi connectivity index (χ3v) is 6.07. The van der Waals surface area contributed by atoms with E-state index in [9.17, 15) is 18.3 Å². The Balaban J connectivity index is 1.96. The maximum absolute atomic E-state index is 12.7. The van der Waals surface area contributed by atoms with Gasteiger partial charge in [-0.2, -0.15) is 4.31 Å². The zero-order chi connectivity index (χ0) is 15.4. The van der Waals surface area contributed by atoms with E-state index in [1.165, 1.54) is 16.6 Å². The number of hydrogen-bond acceptors (Lipinski definition) is 3. The Hall–Kier alpha value is -1.34. The molecule has 0 aromatic carbocycles. The Morgan fingerprint density at radius 1 is 1.38 bits per heavy atom. The number of hydrogen-bond donors (Lipinski definition) is 1. The fourth-order valence-electron chi connectivity index (χ4n) is 2.84. The monoisotopic (exact) mass is 312 g/mol. The molecule has 0 amide bonds. The summed E-state index contributed by atoms with van der Waals surface area (Å²) >= 11 is 0. The molecular weight excluding hydrogens is 292 g/mol. The Bertz CT molecular complexity index is 686. The van der Waals surface area contributed by atoms with E-state index >= 15 is 0 Å². The van der Waals surface area contributed by atoms with Crippen molar-refractivity contribution < 1.29 is 18.3 Å². The second kappa shape index (κ2) is 4.58. The van der Waals surface area contributed by atoms with Gasteiger partial charge in [-0.25, -0.2) is 13.2 Å². The number of aromatic nitrogens is 1. The second-order valence-electron chi connectivity index (χ2n) is 6.76. The average molecular weight is 312 g/mol. The highest BCUT2D eigenvalue weighted by Crippen LogP contribution is 2.38. The van der Waals surface area contributed by atoms with Crippen LogP contribution in [0.3, 0.4) is 0 Å². The summed E-state index contributed by atoms with van der Waals surface area (Å²) in [7, 11) is -3.60. The van der Waals surface area contributed by atoms with Crippen LogP contribution in [-0.2, 0) is 10.0 Å². The Labute approximate surface area is 124 Å². The van der Waals surface area contributed by atoms with Gasteiger partial charge in [-0.15, -0.1) is 0 Å². The van der Waals surface area contributed by atoms with Gasteiger partial charge in [-0.05, 0) is 30.7 Å². The van der Waals surface area contributed by atoms with Gasteiger partial charge in [-0.3, -0.25) is 0 Å². The summed E-state index contributed by atoms with van der Waals surface area (Å²) < 4.78 is 28.4. The quantitative estimate of drug-likeness (QED) is 0.921. The van der Waals surface area contributed by atoms with Crippen LogP contribution in [0.5, 0.6) is 0 Å². The molecule has 1 aromatic heterocycles. The van der Waals surface area contributed by atoms with Crippen molar-refractivity contribution in [3.63, 3.8) is 0 Å². The first-order chi connectivity index (χ1) is 9.71. The number of carboxylic acid groups (broad SMARTS) is 1. The van der Waals surface area contributed by atoms with Crippen molar-refractivity contribution in [2.24, 2.45) is 5.41 Å². The Kier molecular flexibility index (Phi) is 3.18. The lowest BCUT2D eigenvalue weighted by Crippen LogP contribution is -2.30. The van der Waals surface area contributed by atoms with Gasteiger partial charge in [0.05, 0.1) is 0 Å². The molecule has 21 heavy (non-hydrogen) atoms. The van der Waals surface area contributed by atoms with Gasteiger partial charge in [-0.1, -0.05) is 13.8 Å². The first-order valence-electron chi connectivity index (χ1n) is 7.16. The molecule has 0 atom stereocenters. The largest absolute Gasteiger partial charge is 0.477 e. The summed E-state index contributed by atoms with van der Waals surface area (Å²) in [5, 5.41) is 9.24. The third kappa shape index (κ3) is 2.60. The van der Waals surface area contributed by atoms with Gasteiger partial charge in [0.25, 0.3) is 0 Å². The van der Waals surface area contributed by atoms with Gasteiger partial charge in [0, 0.05) is 25.3 Å². The van der Waals surface area contributed by atoms with Crippen molar-refractivity contribution in [3.05, 3.63) is 18.0 Å². The number of nitrogens with zero attached hydrogens (tertiary/aromatic N) is 2. The van der Waals surface area contributed by atoms with Gasteiger partial charge < -0.3 is 9.67 Å². The number of aromatic carboxylic acids is 1. The van der Waals surface area contributed by atoms with Crippen LogP contribution in [0.2, 0.25) is 0 Å². The molecule has 116 valence electrons. The van der Waals surface area contributed by atoms with Crippen molar-refractivity contribution in [2.45, 2.75) is 44.0 Å². The van der Waals surface area contributed by atoms with Crippen molar-refractivity contribution in [2.75, 3.05) is 13.1 Å². The average Bonchev–Trinajstić information content (AvgIpc) is 2.99. The van der Waals surface area contributed by atoms with Crippen molar-refractivity contribution >= 4 is 16.0 Å². The number of carboxylic acids is 1. The van der Waals surface area contributed by atoms with Gasteiger partial charge in [0.15, 0.2) is 0 Å². The van der Waals surface area contributed by atoms with Crippen LogP contribution in [0.25, 0.3) is 0 Å². The summed E-state index contributed by atoms with van der Waals surface area (Å²) in [5.41, 5.74) is 0.0383. The Morgan fingerprint density at radius 3 is 2.52 bits per heavy atom. The van der Waals surface area contributed by atoms with E-state index < -0.39 is 16.0 Å². The van der Waals surface area contributed by atoms with E-state index in [-0.39, 0.29) is 22.0 Å². The molecule has 2 aliphatic rings. The highest BCUT2D eigenvalue weighted by Gasteiger charge is 2.38. The van der Waals surface area contributed by atoms with E-state index in [0.29, 0.717) is 13.1 Å². The van der Waals surface area contributed by atoms with E-state index in [4.69, 9.17) is 0 Å². The minimum atomic E-state index is -3.60. The van der Waals surface area contributed by atoms with E-state index in [0.717, 1.165) is 19.3 Å².